The first-order valence-corrected chi connectivity index (χ1v) is 6.91. The molecule has 0 spiro atoms. The summed E-state index contributed by atoms with van der Waals surface area (Å²) < 4.78 is 2.25. The van der Waals surface area contributed by atoms with Crippen molar-refractivity contribution in [3.63, 3.8) is 0 Å². The van der Waals surface area contributed by atoms with Crippen LogP contribution in [0.3, 0.4) is 0 Å². The highest BCUT2D eigenvalue weighted by molar-refractivity contribution is 5.75. The van der Waals surface area contributed by atoms with E-state index < -0.39 is 0 Å². The molecule has 0 bridgehead atoms. The third kappa shape index (κ3) is 2.97. The Bertz CT molecular complexity index is 577. The van der Waals surface area contributed by atoms with E-state index in [0.29, 0.717) is 6.04 Å². The van der Waals surface area contributed by atoms with E-state index in [1.807, 2.05) is 6.07 Å². The van der Waals surface area contributed by atoms with Crippen LogP contribution < -0.4 is 5.32 Å². The number of aromatic nitrogens is 2. The molecule has 1 aromatic carbocycles. The Balaban J connectivity index is 2.18. The second-order valence-electron chi connectivity index (χ2n) is 4.66. The maximum Gasteiger partial charge on any atom is 0.123 e. The van der Waals surface area contributed by atoms with Crippen LogP contribution in [0.1, 0.15) is 32.5 Å². The van der Waals surface area contributed by atoms with Gasteiger partial charge in [-0.1, -0.05) is 19.1 Å². The van der Waals surface area contributed by atoms with Gasteiger partial charge in [0.05, 0.1) is 17.6 Å². The standard InChI is InChI=1S/C16H21N3/c1-4-9-13(5-2)17-12-16-18-14-10-7-8-11-15(14)19(16)6-3/h1,7-8,10-11,13,17H,5-6,9,12H2,2-3H3. The van der Waals surface area contributed by atoms with Gasteiger partial charge in [0.25, 0.3) is 0 Å². The zero-order valence-corrected chi connectivity index (χ0v) is 11.7. The lowest BCUT2D eigenvalue weighted by molar-refractivity contribution is 0.489. The first-order valence-electron chi connectivity index (χ1n) is 6.91. The number of imidazole rings is 1. The van der Waals surface area contributed by atoms with Crippen LogP contribution in [-0.2, 0) is 13.1 Å². The minimum Gasteiger partial charge on any atom is -0.327 e. The van der Waals surface area contributed by atoms with Crippen molar-refractivity contribution in [2.45, 2.75) is 45.8 Å². The maximum absolute atomic E-state index is 5.38. The number of hydrogen-bond donors (Lipinski definition) is 1. The molecule has 0 amide bonds. The van der Waals surface area contributed by atoms with Gasteiger partial charge in [0, 0.05) is 19.0 Å². The molecule has 3 nitrogen and oxygen atoms in total. The van der Waals surface area contributed by atoms with Crippen LogP contribution in [0.2, 0.25) is 0 Å². The van der Waals surface area contributed by atoms with Crippen molar-refractivity contribution in [3.05, 3.63) is 30.1 Å². The molecule has 100 valence electrons. The predicted octanol–water partition coefficient (Wildman–Crippen LogP) is 2.95. The zero-order chi connectivity index (χ0) is 13.7. The summed E-state index contributed by atoms with van der Waals surface area (Å²) in [7, 11) is 0. The Morgan fingerprint density at radius 1 is 1.37 bits per heavy atom. The van der Waals surface area contributed by atoms with Gasteiger partial charge in [-0.25, -0.2) is 4.98 Å². The average molecular weight is 255 g/mol. The van der Waals surface area contributed by atoms with Crippen LogP contribution in [0.25, 0.3) is 11.0 Å². The molecule has 0 aliphatic heterocycles. The number of fused-ring (bicyclic) bond motifs is 1. The van der Waals surface area contributed by atoms with Gasteiger partial charge in [0.1, 0.15) is 5.82 Å². The van der Waals surface area contributed by atoms with Crippen LogP contribution in [0.4, 0.5) is 0 Å². The van der Waals surface area contributed by atoms with E-state index in [2.05, 4.69) is 47.9 Å². The Hall–Kier alpha value is -1.79. The quantitative estimate of drug-likeness (QED) is 0.804. The number of nitrogens with zero attached hydrogens (tertiary/aromatic N) is 2. The van der Waals surface area contributed by atoms with E-state index in [9.17, 15) is 0 Å². The topological polar surface area (TPSA) is 29.9 Å². The Morgan fingerprint density at radius 2 is 2.16 bits per heavy atom. The van der Waals surface area contributed by atoms with Crippen molar-refractivity contribution in [2.75, 3.05) is 0 Å². The number of benzene rings is 1. The molecule has 2 rings (SSSR count). The molecular formula is C16H21N3. The lowest BCUT2D eigenvalue weighted by Gasteiger charge is -2.14. The van der Waals surface area contributed by atoms with Crippen molar-refractivity contribution < 1.29 is 0 Å². The smallest absolute Gasteiger partial charge is 0.123 e. The second kappa shape index (κ2) is 6.40. The Kier molecular flexibility index (Phi) is 4.59. The fraction of sp³-hybridized carbons (Fsp3) is 0.438. The molecule has 0 aliphatic carbocycles. The monoisotopic (exact) mass is 255 g/mol. The van der Waals surface area contributed by atoms with Gasteiger partial charge in [-0.2, -0.15) is 0 Å². The minimum atomic E-state index is 0.370. The van der Waals surface area contributed by atoms with E-state index in [0.717, 1.165) is 37.3 Å². The molecule has 1 atom stereocenters. The van der Waals surface area contributed by atoms with Crippen LogP contribution >= 0.6 is 0 Å². The molecule has 0 saturated carbocycles. The summed E-state index contributed by atoms with van der Waals surface area (Å²) in [5, 5.41) is 3.50. The molecule has 3 heteroatoms. The van der Waals surface area contributed by atoms with E-state index in [1.54, 1.807) is 0 Å². The first-order chi connectivity index (χ1) is 9.30. The van der Waals surface area contributed by atoms with Crippen molar-refractivity contribution in [1.82, 2.24) is 14.9 Å². The molecule has 19 heavy (non-hydrogen) atoms. The highest BCUT2D eigenvalue weighted by Gasteiger charge is 2.10. The maximum atomic E-state index is 5.38. The number of terminal acetylenes is 1. The molecule has 0 fully saturated rings. The lowest BCUT2D eigenvalue weighted by atomic mass is 10.1. The van der Waals surface area contributed by atoms with Crippen LogP contribution in [0, 0.1) is 12.3 Å². The second-order valence-corrected chi connectivity index (χ2v) is 4.66. The van der Waals surface area contributed by atoms with Crippen molar-refractivity contribution >= 4 is 11.0 Å². The number of aryl methyl sites for hydroxylation is 1. The van der Waals surface area contributed by atoms with Gasteiger partial charge in [-0.15, -0.1) is 12.3 Å². The van der Waals surface area contributed by atoms with E-state index in [-0.39, 0.29) is 0 Å². The van der Waals surface area contributed by atoms with E-state index in [4.69, 9.17) is 11.4 Å². The summed E-state index contributed by atoms with van der Waals surface area (Å²) >= 11 is 0. The van der Waals surface area contributed by atoms with Gasteiger partial charge in [-0.3, -0.25) is 0 Å². The van der Waals surface area contributed by atoms with Crippen LogP contribution in [0.5, 0.6) is 0 Å². The molecule has 0 aliphatic rings. The third-order valence-corrected chi connectivity index (χ3v) is 3.46. The van der Waals surface area contributed by atoms with E-state index in [1.165, 1.54) is 5.52 Å². The number of nitrogens with one attached hydrogen (secondary N) is 1. The molecular weight excluding hydrogens is 234 g/mol. The summed E-state index contributed by atoms with van der Waals surface area (Å²) in [4.78, 5) is 4.70. The zero-order valence-electron chi connectivity index (χ0n) is 11.7. The van der Waals surface area contributed by atoms with E-state index >= 15 is 0 Å². The summed E-state index contributed by atoms with van der Waals surface area (Å²) in [6.07, 6.45) is 7.19. The lowest BCUT2D eigenvalue weighted by Crippen LogP contribution is -2.28. The molecule has 0 radical (unpaired) electrons. The van der Waals surface area contributed by atoms with Crippen molar-refractivity contribution in [1.29, 1.82) is 0 Å². The number of para-hydroxylation sites is 2. The minimum absolute atomic E-state index is 0.370. The summed E-state index contributed by atoms with van der Waals surface area (Å²) in [6, 6.07) is 8.63. The molecule has 1 N–H and O–H groups in total. The summed E-state index contributed by atoms with van der Waals surface area (Å²) in [5.41, 5.74) is 2.26. The highest BCUT2D eigenvalue weighted by atomic mass is 15.1. The fourth-order valence-corrected chi connectivity index (χ4v) is 2.35. The molecule has 0 saturated heterocycles. The SMILES string of the molecule is C#CCC(CC)NCc1nc2ccccc2n1CC. The van der Waals surface area contributed by atoms with Crippen molar-refractivity contribution in [2.24, 2.45) is 0 Å². The molecule has 1 heterocycles. The van der Waals surface area contributed by atoms with Crippen LogP contribution in [-0.4, -0.2) is 15.6 Å². The first kappa shape index (κ1) is 13.6. The van der Waals surface area contributed by atoms with Gasteiger partial charge in [-0.05, 0) is 25.5 Å². The molecule has 1 aromatic heterocycles. The fourth-order valence-electron chi connectivity index (χ4n) is 2.35. The van der Waals surface area contributed by atoms with Gasteiger partial charge in [0.2, 0.25) is 0 Å². The summed E-state index contributed by atoms with van der Waals surface area (Å²) in [6.45, 7) is 6.00. The number of rotatable bonds is 6. The van der Waals surface area contributed by atoms with Crippen LogP contribution in [0.15, 0.2) is 24.3 Å². The normalized spacial score (nSPS) is 12.5. The largest absolute Gasteiger partial charge is 0.327 e. The van der Waals surface area contributed by atoms with Gasteiger partial charge >= 0.3 is 0 Å². The Morgan fingerprint density at radius 3 is 2.84 bits per heavy atom. The Labute approximate surface area is 115 Å². The molecule has 1 unspecified atom stereocenters. The third-order valence-electron chi connectivity index (χ3n) is 3.46. The molecule has 2 aromatic rings. The van der Waals surface area contributed by atoms with Crippen molar-refractivity contribution in [3.8, 4) is 12.3 Å². The van der Waals surface area contributed by atoms with Gasteiger partial charge in [0.15, 0.2) is 0 Å². The van der Waals surface area contributed by atoms with Gasteiger partial charge < -0.3 is 9.88 Å². The highest BCUT2D eigenvalue weighted by Crippen LogP contribution is 2.16. The average Bonchev–Trinajstić information content (AvgIpc) is 2.80. The number of hydrogen-bond acceptors (Lipinski definition) is 2. The summed E-state index contributed by atoms with van der Waals surface area (Å²) in [5.74, 6) is 3.80. The predicted molar refractivity (Wildman–Crippen MR) is 79.8 cm³/mol.